The molecular formula is C17H29N5O3. The number of aromatic nitrogens is 2. The summed E-state index contributed by atoms with van der Waals surface area (Å²) in [4.78, 5) is 26.1. The molecule has 0 saturated carbocycles. The van der Waals surface area contributed by atoms with Crippen molar-refractivity contribution >= 4 is 11.8 Å². The molecule has 2 amide bonds. The molecular weight excluding hydrogens is 322 g/mol. The zero-order valence-corrected chi connectivity index (χ0v) is 15.4. The monoisotopic (exact) mass is 351 g/mol. The van der Waals surface area contributed by atoms with E-state index >= 15 is 0 Å². The van der Waals surface area contributed by atoms with E-state index in [-0.39, 0.29) is 24.5 Å². The second-order valence-electron chi connectivity index (χ2n) is 6.49. The van der Waals surface area contributed by atoms with Crippen molar-refractivity contribution in [3.8, 4) is 5.75 Å². The highest BCUT2D eigenvalue weighted by Gasteiger charge is 2.27. The van der Waals surface area contributed by atoms with Gasteiger partial charge in [-0.1, -0.05) is 0 Å². The van der Waals surface area contributed by atoms with Gasteiger partial charge in [0.15, 0.2) is 12.4 Å². The molecule has 0 spiro atoms. The van der Waals surface area contributed by atoms with Crippen LogP contribution in [-0.2, 0) is 16.6 Å². The Hall–Kier alpha value is -2.09. The number of carbonyl (C=O) groups is 2. The average Bonchev–Trinajstić information content (AvgIpc) is 2.83. The number of carbonyl (C=O) groups excluding carboxylic acids is 2. The van der Waals surface area contributed by atoms with Crippen LogP contribution < -0.4 is 15.8 Å². The molecule has 1 fully saturated rings. The fourth-order valence-electron chi connectivity index (χ4n) is 3.17. The van der Waals surface area contributed by atoms with Crippen molar-refractivity contribution < 1.29 is 14.3 Å². The van der Waals surface area contributed by atoms with E-state index < -0.39 is 0 Å². The summed E-state index contributed by atoms with van der Waals surface area (Å²) in [6.07, 6.45) is 3.23. The fraction of sp³-hybridized carbons (Fsp3) is 0.706. The number of nitrogens with zero attached hydrogens (tertiary/aromatic N) is 3. The molecule has 8 nitrogen and oxygen atoms in total. The van der Waals surface area contributed by atoms with Crippen LogP contribution in [0.4, 0.5) is 0 Å². The molecule has 1 saturated heterocycles. The van der Waals surface area contributed by atoms with Gasteiger partial charge in [-0.3, -0.25) is 14.3 Å². The molecule has 3 N–H and O–H groups in total. The number of aryl methyl sites for hydroxylation is 2. The fourth-order valence-corrected chi connectivity index (χ4v) is 3.17. The minimum absolute atomic E-state index is 0.0133. The Morgan fingerprint density at radius 3 is 2.76 bits per heavy atom. The number of hydrogen-bond acceptors (Lipinski definition) is 5. The van der Waals surface area contributed by atoms with E-state index in [0.29, 0.717) is 31.8 Å². The Labute approximate surface area is 148 Å². The summed E-state index contributed by atoms with van der Waals surface area (Å²) in [5, 5.41) is 7.16. The highest BCUT2D eigenvalue weighted by Crippen LogP contribution is 2.22. The molecule has 1 aromatic heterocycles. The van der Waals surface area contributed by atoms with Crippen molar-refractivity contribution in [2.45, 2.75) is 45.6 Å². The molecule has 25 heavy (non-hydrogen) atoms. The number of nitrogens with two attached hydrogens (primary N) is 1. The molecule has 1 aliphatic rings. The maximum Gasteiger partial charge on any atom is 0.260 e. The molecule has 0 aromatic carbocycles. The van der Waals surface area contributed by atoms with E-state index in [1.165, 1.54) is 0 Å². The van der Waals surface area contributed by atoms with Gasteiger partial charge in [0, 0.05) is 39.1 Å². The van der Waals surface area contributed by atoms with E-state index in [2.05, 4.69) is 10.4 Å². The predicted molar refractivity (Wildman–Crippen MR) is 94.2 cm³/mol. The summed E-state index contributed by atoms with van der Waals surface area (Å²) in [5.41, 5.74) is 7.06. The van der Waals surface area contributed by atoms with Gasteiger partial charge in [0.25, 0.3) is 5.91 Å². The number of piperidine rings is 1. The molecule has 1 unspecified atom stereocenters. The largest absolute Gasteiger partial charge is 0.480 e. The number of hydrogen-bond donors (Lipinski definition) is 2. The number of ether oxygens (including phenoxy) is 1. The number of amides is 2. The van der Waals surface area contributed by atoms with Gasteiger partial charge in [-0.05, 0) is 33.1 Å². The molecule has 8 heteroatoms. The molecule has 140 valence electrons. The van der Waals surface area contributed by atoms with Gasteiger partial charge in [-0.2, -0.15) is 5.10 Å². The third-order valence-electron chi connectivity index (χ3n) is 4.64. The molecule has 2 rings (SSSR count). The Balaban J connectivity index is 1.92. The van der Waals surface area contributed by atoms with Crippen molar-refractivity contribution in [2.75, 3.05) is 26.2 Å². The van der Waals surface area contributed by atoms with Crippen molar-refractivity contribution in [1.82, 2.24) is 20.0 Å². The van der Waals surface area contributed by atoms with Crippen LogP contribution in [-0.4, -0.2) is 58.8 Å². The Kier molecular flexibility index (Phi) is 6.81. The number of rotatable bonds is 7. The summed E-state index contributed by atoms with van der Waals surface area (Å²) >= 11 is 0. The third kappa shape index (κ3) is 4.94. The first-order valence-corrected chi connectivity index (χ1v) is 8.83. The van der Waals surface area contributed by atoms with Crippen LogP contribution in [0, 0.1) is 13.8 Å². The minimum atomic E-state index is -0.0710. The van der Waals surface area contributed by atoms with Crippen molar-refractivity contribution in [1.29, 1.82) is 0 Å². The van der Waals surface area contributed by atoms with E-state index in [9.17, 15) is 9.59 Å². The lowest BCUT2D eigenvalue weighted by Gasteiger charge is -2.35. The molecule has 0 radical (unpaired) electrons. The summed E-state index contributed by atoms with van der Waals surface area (Å²) < 4.78 is 7.48. The molecule has 1 aromatic rings. The van der Waals surface area contributed by atoms with Gasteiger partial charge in [0.05, 0.1) is 5.69 Å². The van der Waals surface area contributed by atoms with Crippen molar-refractivity contribution in [3.05, 3.63) is 11.4 Å². The first-order valence-electron chi connectivity index (χ1n) is 8.83. The SMILES string of the molecule is Cc1nn(C)c(C)c1OCC(=O)N1CCCCC1CNC(=O)CCN. The lowest BCUT2D eigenvalue weighted by Crippen LogP contribution is -2.50. The molecule has 0 aliphatic carbocycles. The molecule has 1 atom stereocenters. The summed E-state index contributed by atoms with van der Waals surface area (Å²) in [6.45, 7) is 5.26. The highest BCUT2D eigenvalue weighted by molar-refractivity contribution is 5.79. The van der Waals surface area contributed by atoms with Gasteiger partial charge < -0.3 is 20.7 Å². The van der Waals surface area contributed by atoms with Crippen molar-refractivity contribution in [3.63, 3.8) is 0 Å². The third-order valence-corrected chi connectivity index (χ3v) is 4.64. The van der Waals surface area contributed by atoms with Crippen LogP contribution in [0.15, 0.2) is 0 Å². The standard InChI is InChI=1S/C17H29N5O3/c1-12-17(13(2)21(3)20-12)25-11-16(24)22-9-5-4-6-14(22)10-19-15(23)7-8-18/h14H,4-11,18H2,1-3H3,(H,19,23). The Bertz CT molecular complexity index is 614. The Morgan fingerprint density at radius 2 is 2.12 bits per heavy atom. The predicted octanol–water partition coefficient (Wildman–Crippen LogP) is 0.262. The van der Waals surface area contributed by atoms with Crippen LogP contribution in [0.5, 0.6) is 5.75 Å². The van der Waals surface area contributed by atoms with E-state index in [1.54, 1.807) is 4.68 Å². The van der Waals surface area contributed by atoms with Crippen LogP contribution >= 0.6 is 0 Å². The molecule has 2 heterocycles. The van der Waals surface area contributed by atoms with Gasteiger partial charge in [0.2, 0.25) is 5.91 Å². The summed E-state index contributed by atoms with van der Waals surface area (Å²) in [7, 11) is 1.85. The van der Waals surface area contributed by atoms with Gasteiger partial charge in [0.1, 0.15) is 5.69 Å². The summed E-state index contributed by atoms with van der Waals surface area (Å²) in [5.74, 6) is 0.541. The average molecular weight is 351 g/mol. The maximum atomic E-state index is 12.6. The lowest BCUT2D eigenvalue weighted by atomic mass is 10.0. The lowest BCUT2D eigenvalue weighted by molar-refractivity contribution is -0.137. The maximum absolute atomic E-state index is 12.6. The van der Waals surface area contributed by atoms with Crippen LogP contribution in [0.3, 0.4) is 0 Å². The first-order chi connectivity index (χ1) is 11.9. The first kappa shape index (κ1) is 19.2. The van der Waals surface area contributed by atoms with Crippen LogP contribution in [0.1, 0.15) is 37.1 Å². The minimum Gasteiger partial charge on any atom is -0.480 e. The quantitative estimate of drug-likeness (QED) is 0.734. The van der Waals surface area contributed by atoms with Gasteiger partial charge in [-0.15, -0.1) is 0 Å². The smallest absolute Gasteiger partial charge is 0.260 e. The van der Waals surface area contributed by atoms with Crippen molar-refractivity contribution in [2.24, 2.45) is 12.8 Å². The van der Waals surface area contributed by atoms with E-state index in [4.69, 9.17) is 10.5 Å². The normalized spacial score (nSPS) is 17.4. The topological polar surface area (TPSA) is 102 Å². The van der Waals surface area contributed by atoms with Crippen LogP contribution in [0.2, 0.25) is 0 Å². The second-order valence-corrected chi connectivity index (χ2v) is 6.49. The van der Waals surface area contributed by atoms with E-state index in [1.807, 2.05) is 25.8 Å². The van der Waals surface area contributed by atoms with Crippen LogP contribution in [0.25, 0.3) is 0 Å². The van der Waals surface area contributed by atoms with Gasteiger partial charge in [-0.25, -0.2) is 0 Å². The van der Waals surface area contributed by atoms with E-state index in [0.717, 1.165) is 30.7 Å². The zero-order valence-electron chi connectivity index (χ0n) is 15.4. The second kappa shape index (κ2) is 8.84. The molecule has 0 bridgehead atoms. The van der Waals surface area contributed by atoms with Gasteiger partial charge >= 0.3 is 0 Å². The molecule has 1 aliphatic heterocycles. The zero-order chi connectivity index (χ0) is 18.4. The summed E-state index contributed by atoms with van der Waals surface area (Å²) in [6, 6.07) is 0.0164. The number of likely N-dealkylation sites (tertiary alicyclic amines) is 1. The highest BCUT2D eigenvalue weighted by atomic mass is 16.5. The number of nitrogens with one attached hydrogen (secondary N) is 1. The Morgan fingerprint density at radius 1 is 1.36 bits per heavy atom.